The molecule has 1 fully saturated rings. The standard InChI is InChI=1S/C14H16FN5O.ClH/c15-10-3-5-12(6-4-10)20-18-9-13(19-20)14(21)17-8-11-2-1-7-16-11;/h3-6,9,11,16H,1-2,7-8H2,(H,17,21);1H. The summed E-state index contributed by atoms with van der Waals surface area (Å²) in [5, 5.41) is 14.3. The second-order valence-electron chi connectivity index (χ2n) is 5.00. The molecule has 6 nitrogen and oxygen atoms in total. The van der Waals surface area contributed by atoms with E-state index in [1.807, 2.05) is 0 Å². The number of benzene rings is 1. The van der Waals surface area contributed by atoms with Crippen molar-refractivity contribution < 1.29 is 9.18 Å². The molecule has 2 heterocycles. The predicted molar refractivity (Wildman–Crippen MR) is 81.9 cm³/mol. The topological polar surface area (TPSA) is 71.8 Å². The largest absolute Gasteiger partial charge is 0.349 e. The average Bonchev–Trinajstić information content (AvgIpc) is 3.17. The van der Waals surface area contributed by atoms with Crippen molar-refractivity contribution in [3.8, 4) is 5.69 Å². The lowest BCUT2D eigenvalue weighted by Crippen LogP contribution is -2.37. The summed E-state index contributed by atoms with van der Waals surface area (Å²) in [6.45, 7) is 1.59. The molecule has 1 saturated heterocycles. The quantitative estimate of drug-likeness (QED) is 0.889. The molecule has 1 aromatic heterocycles. The monoisotopic (exact) mass is 325 g/mol. The van der Waals surface area contributed by atoms with Crippen LogP contribution in [0.15, 0.2) is 30.5 Å². The molecule has 118 valence electrons. The first kappa shape index (κ1) is 16.4. The van der Waals surface area contributed by atoms with Gasteiger partial charge in [0.05, 0.1) is 11.9 Å². The van der Waals surface area contributed by atoms with Gasteiger partial charge in [0.15, 0.2) is 5.69 Å². The molecule has 1 unspecified atom stereocenters. The Morgan fingerprint density at radius 3 is 2.86 bits per heavy atom. The molecule has 2 N–H and O–H groups in total. The van der Waals surface area contributed by atoms with Gasteiger partial charge in [-0.15, -0.1) is 17.5 Å². The van der Waals surface area contributed by atoms with Crippen LogP contribution in [0.1, 0.15) is 23.3 Å². The van der Waals surface area contributed by atoms with Gasteiger partial charge >= 0.3 is 0 Å². The maximum Gasteiger partial charge on any atom is 0.273 e. The summed E-state index contributed by atoms with van der Waals surface area (Å²) in [6, 6.07) is 6.09. The highest BCUT2D eigenvalue weighted by Gasteiger charge is 2.17. The van der Waals surface area contributed by atoms with E-state index in [0.717, 1.165) is 19.4 Å². The third-order valence-electron chi connectivity index (χ3n) is 3.45. The molecule has 0 bridgehead atoms. The highest BCUT2D eigenvalue weighted by molar-refractivity contribution is 5.91. The van der Waals surface area contributed by atoms with Crippen LogP contribution in [-0.4, -0.2) is 40.0 Å². The average molecular weight is 326 g/mol. The van der Waals surface area contributed by atoms with Gasteiger partial charge in [-0.25, -0.2) is 4.39 Å². The Morgan fingerprint density at radius 2 is 2.18 bits per heavy atom. The molecule has 1 atom stereocenters. The lowest BCUT2D eigenvalue weighted by Gasteiger charge is -2.10. The predicted octanol–water partition coefficient (Wildman–Crippen LogP) is 1.31. The van der Waals surface area contributed by atoms with E-state index in [9.17, 15) is 9.18 Å². The molecule has 3 rings (SSSR count). The van der Waals surface area contributed by atoms with Gasteiger partial charge in [0.2, 0.25) is 0 Å². The van der Waals surface area contributed by atoms with Crippen LogP contribution in [-0.2, 0) is 0 Å². The fourth-order valence-electron chi connectivity index (χ4n) is 2.30. The lowest BCUT2D eigenvalue weighted by molar-refractivity contribution is 0.0945. The summed E-state index contributed by atoms with van der Waals surface area (Å²) in [6.07, 6.45) is 3.62. The van der Waals surface area contributed by atoms with E-state index in [4.69, 9.17) is 0 Å². The second kappa shape index (κ2) is 7.33. The number of rotatable bonds is 4. The van der Waals surface area contributed by atoms with E-state index in [2.05, 4.69) is 20.8 Å². The molecular weight excluding hydrogens is 309 g/mol. The van der Waals surface area contributed by atoms with Crippen LogP contribution in [0, 0.1) is 5.82 Å². The Labute approximate surface area is 133 Å². The molecule has 0 saturated carbocycles. The van der Waals surface area contributed by atoms with E-state index >= 15 is 0 Å². The molecule has 2 aromatic rings. The Balaban J connectivity index is 0.00000176. The SMILES string of the molecule is Cl.O=C(NCC1CCCN1)c1cnn(-c2ccc(F)cc2)n1. The first-order chi connectivity index (χ1) is 10.2. The van der Waals surface area contributed by atoms with Crippen molar-refractivity contribution in [1.29, 1.82) is 0 Å². The molecule has 0 radical (unpaired) electrons. The Kier molecular flexibility index (Phi) is 5.46. The van der Waals surface area contributed by atoms with Crippen LogP contribution in [0.25, 0.3) is 5.69 Å². The van der Waals surface area contributed by atoms with E-state index in [0.29, 0.717) is 18.3 Å². The maximum atomic E-state index is 12.9. The fraction of sp³-hybridized carbons (Fsp3) is 0.357. The Bertz CT molecular complexity index is 624. The third kappa shape index (κ3) is 3.80. The van der Waals surface area contributed by atoms with Crippen molar-refractivity contribution in [1.82, 2.24) is 25.6 Å². The molecule has 0 spiro atoms. The molecular formula is C14H17ClFN5O. The number of nitrogens with zero attached hydrogens (tertiary/aromatic N) is 3. The third-order valence-corrected chi connectivity index (χ3v) is 3.45. The summed E-state index contributed by atoms with van der Waals surface area (Å²) in [5.41, 5.74) is 0.852. The van der Waals surface area contributed by atoms with E-state index in [1.54, 1.807) is 12.1 Å². The zero-order valence-electron chi connectivity index (χ0n) is 11.8. The van der Waals surface area contributed by atoms with Gasteiger partial charge in [0, 0.05) is 12.6 Å². The van der Waals surface area contributed by atoms with Crippen LogP contribution in [0.4, 0.5) is 4.39 Å². The highest BCUT2D eigenvalue weighted by Crippen LogP contribution is 2.07. The summed E-state index contributed by atoms with van der Waals surface area (Å²) in [4.78, 5) is 13.3. The molecule has 1 amide bonds. The van der Waals surface area contributed by atoms with Crippen molar-refractivity contribution >= 4 is 18.3 Å². The van der Waals surface area contributed by atoms with Crippen LogP contribution >= 0.6 is 12.4 Å². The Hall–Kier alpha value is -1.99. The number of carbonyl (C=O) groups is 1. The second-order valence-corrected chi connectivity index (χ2v) is 5.00. The van der Waals surface area contributed by atoms with E-state index in [1.165, 1.54) is 23.1 Å². The van der Waals surface area contributed by atoms with E-state index in [-0.39, 0.29) is 29.8 Å². The smallest absolute Gasteiger partial charge is 0.273 e. The van der Waals surface area contributed by atoms with Crippen LogP contribution in [0.3, 0.4) is 0 Å². The molecule has 1 aliphatic heterocycles. The molecule has 1 aromatic carbocycles. The zero-order valence-corrected chi connectivity index (χ0v) is 12.6. The van der Waals surface area contributed by atoms with Gasteiger partial charge in [-0.3, -0.25) is 4.79 Å². The summed E-state index contributed by atoms with van der Waals surface area (Å²) in [5.74, 6) is -0.579. The minimum Gasteiger partial charge on any atom is -0.349 e. The summed E-state index contributed by atoms with van der Waals surface area (Å²) >= 11 is 0. The normalized spacial score (nSPS) is 17.0. The van der Waals surface area contributed by atoms with Crippen LogP contribution in [0.5, 0.6) is 0 Å². The van der Waals surface area contributed by atoms with Gasteiger partial charge in [-0.2, -0.15) is 9.90 Å². The van der Waals surface area contributed by atoms with Gasteiger partial charge in [0.1, 0.15) is 5.82 Å². The first-order valence-electron chi connectivity index (χ1n) is 6.92. The number of aromatic nitrogens is 3. The number of carbonyl (C=O) groups excluding carboxylic acids is 1. The van der Waals surface area contributed by atoms with Crippen LogP contribution < -0.4 is 10.6 Å². The molecule has 1 aliphatic rings. The van der Waals surface area contributed by atoms with Gasteiger partial charge < -0.3 is 10.6 Å². The summed E-state index contributed by atoms with van der Waals surface area (Å²) in [7, 11) is 0. The molecule has 0 aliphatic carbocycles. The van der Waals surface area contributed by atoms with E-state index < -0.39 is 0 Å². The minimum absolute atomic E-state index is 0. The minimum atomic E-state index is -0.326. The summed E-state index contributed by atoms with van der Waals surface area (Å²) < 4.78 is 12.9. The fourth-order valence-corrected chi connectivity index (χ4v) is 2.30. The van der Waals surface area contributed by atoms with Crippen LogP contribution in [0.2, 0.25) is 0 Å². The lowest BCUT2D eigenvalue weighted by atomic mass is 10.2. The number of halogens is 2. The maximum absolute atomic E-state index is 12.9. The number of nitrogens with one attached hydrogen (secondary N) is 2. The number of amides is 1. The van der Waals surface area contributed by atoms with Gasteiger partial charge in [-0.1, -0.05) is 0 Å². The first-order valence-corrected chi connectivity index (χ1v) is 6.92. The van der Waals surface area contributed by atoms with Gasteiger partial charge in [-0.05, 0) is 43.7 Å². The van der Waals surface area contributed by atoms with Crippen molar-refractivity contribution in [2.75, 3.05) is 13.1 Å². The van der Waals surface area contributed by atoms with Crippen molar-refractivity contribution in [2.45, 2.75) is 18.9 Å². The van der Waals surface area contributed by atoms with Crippen molar-refractivity contribution in [2.24, 2.45) is 0 Å². The Morgan fingerprint density at radius 1 is 1.41 bits per heavy atom. The molecule has 8 heteroatoms. The number of hydrogen-bond acceptors (Lipinski definition) is 4. The van der Waals surface area contributed by atoms with Crippen molar-refractivity contribution in [3.05, 3.63) is 42.0 Å². The van der Waals surface area contributed by atoms with Crippen molar-refractivity contribution in [3.63, 3.8) is 0 Å². The highest BCUT2D eigenvalue weighted by atomic mass is 35.5. The molecule has 22 heavy (non-hydrogen) atoms. The number of hydrogen-bond donors (Lipinski definition) is 2. The zero-order chi connectivity index (χ0) is 14.7. The van der Waals surface area contributed by atoms with Gasteiger partial charge in [0.25, 0.3) is 5.91 Å².